The van der Waals surface area contributed by atoms with Gasteiger partial charge in [0.1, 0.15) is 6.04 Å². The van der Waals surface area contributed by atoms with Crippen LogP contribution in [0.1, 0.15) is 74.8 Å². The summed E-state index contributed by atoms with van der Waals surface area (Å²) in [4.78, 5) is 16.8. The van der Waals surface area contributed by atoms with Gasteiger partial charge >= 0.3 is 5.97 Å². The van der Waals surface area contributed by atoms with Gasteiger partial charge in [0, 0.05) is 19.6 Å². The third-order valence-electron chi connectivity index (χ3n) is 8.57. The Morgan fingerprint density at radius 3 is 2.33 bits per heavy atom. The van der Waals surface area contributed by atoms with E-state index in [-0.39, 0.29) is 6.04 Å². The third kappa shape index (κ3) is 4.45. The van der Waals surface area contributed by atoms with Gasteiger partial charge in [-0.15, -0.1) is 0 Å². The molecule has 2 heterocycles. The molecule has 0 unspecified atom stereocenters. The number of carboxylic acid groups (broad SMARTS) is 1. The van der Waals surface area contributed by atoms with E-state index >= 15 is 0 Å². The minimum Gasteiger partial charge on any atom is -0.480 e. The smallest absolute Gasteiger partial charge is 0.320 e. The fourth-order valence-corrected chi connectivity index (χ4v) is 6.74. The lowest BCUT2D eigenvalue weighted by molar-refractivity contribution is -0.147. The van der Waals surface area contributed by atoms with Crippen molar-refractivity contribution in [1.29, 1.82) is 0 Å². The van der Waals surface area contributed by atoms with Crippen LogP contribution in [0.5, 0.6) is 0 Å². The molecule has 1 N–H and O–H groups in total. The van der Waals surface area contributed by atoms with Crippen LogP contribution in [0.2, 0.25) is 0 Å². The summed E-state index contributed by atoms with van der Waals surface area (Å²) >= 11 is 0. The van der Waals surface area contributed by atoms with Crippen LogP contribution < -0.4 is 0 Å². The Balaban J connectivity index is 1.13. The van der Waals surface area contributed by atoms with E-state index in [4.69, 9.17) is 0 Å². The molecule has 2 saturated carbocycles. The molecule has 0 amide bonds. The number of likely N-dealkylation sites (tertiary alicyclic amines) is 2. The molecule has 4 heteroatoms. The van der Waals surface area contributed by atoms with Crippen molar-refractivity contribution < 1.29 is 9.90 Å². The summed E-state index contributed by atoms with van der Waals surface area (Å²) in [5.74, 6) is 2.15. The van der Waals surface area contributed by atoms with Crippen molar-refractivity contribution in [1.82, 2.24) is 9.80 Å². The molecule has 2 aliphatic heterocycles. The van der Waals surface area contributed by atoms with Gasteiger partial charge in [-0.3, -0.25) is 14.6 Å². The number of aliphatic carboxylic acids is 1. The quantitative estimate of drug-likeness (QED) is 0.736. The van der Waals surface area contributed by atoms with E-state index in [9.17, 15) is 9.90 Å². The first kappa shape index (κ1) is 20.5. The minimum absolute atomic E-state index is 0.242. The summed E-state index contributed by atoms with van der Waals surface area (Å²) in [6.45, 7) is 5.61. The second-order valence-electron chi connectivity index (χ2n) is 10.6. The fraction of sp³-hybridized carbons (Fsp3) is 0.731. The molecule has 4 nitrogen and oxygen atoms in total. The van der Waals surface area contributed by atoms with Crippen LogP contribution in [0.25, 0.3) is 0 Å². The van der Waals surface area contributed by atoms with E-state index in [1.54, 1.807) is 0 Å². The largest absolute Gasteiger partial charge is 0.480 e. The maximum absolute atomic E-state index is 11.9. The number of carboxylic acids is 1. The van der Waals surface area contributed by atoms with Gasteiger partial charge in [-0.1, -0.05) is 43.5 Å². The molecule has 1 aromatic rings. The molecule has 2 saturated heterocycles. The molecule has 4 fully saturated rings. The minimum atomic E-state index is -0.594. The van der Waals surface area contributed by atoms with Crippen molar-refractivity contribution in [2.24, 2.45) is 17.8 Å². The van der Waals surface area contributed by atoms with Crippen LogP contribution in [0.3, 0.4) is 0 Å². The second kappa shape index (κ2) is 9.00. The van der Waals surface area contributed by atoms with Gasteiger partial charge in [0.2, 0.25) is 0 Å². The maximum Gasteiger partial charge on any atom is 0.320 e. The van der Waals surface area contributed by atoms with Crippen LogP contribution in [0.15, 0.2) is 24.3 Å². The van der Waals surface area contributed by atoms with Crippen LogP contribution in [0, 0.1) is 17.8 Å². The summed E-state index contributed by atoms with van der Waals surface area (Å²) < 4.78 is 0. The number of nitrogens with zero attached hydrogens (tertiary/aromatic N) is 2. The van der Waals surface area contributed by atoms with E-state index < -0.39 is 5.97 Å². The number of hydrogen-bond acceptors (Lipinski definition) is 3. The highest BCUT2D eigenvalue weighted by Crippen LogP contribution is 2.44. The van der Waals surface area contributed by atoms with Crippen molar-refractivity contribution >= 4 is 5.97 Å². The summed E-state index contributed by atoms with van der Waals surface area (Å²) in [7, 11) is 0. The molecule has 0 spiro atoms. The average Bonchev–Trinajstić information content (AvgIpc) is 3.23. The lowest BCUT2D eigenvalue weighted by Gasteiger charge is -2.47. The van der Waals surface area contributed by atoms with Crippen molar-refractivity contribution in [3.8, 4) is 0 Å². The van der Waals surface area contributed by atoms with E-state index in [2.05, 4.69) is 34.1 Å². The number of hydrogen-bond donors (Lipinski definition) is 1. The van der Waals surface area contributed by atoms with E-state index in [0.29, 0.717) is 17.8 Å². The Morgan fingerprint density at radius 2 is 1.63 bits per heavy atom. The zero-order valence-electron chi connectivity index (χ0n) is 18.3. The molecule has 0 radical (unpaired) electrons. The fourth-order valence-electron chi connectivity index (χ4n) is 6.74. The number of carbonyl (C=O) groups is 1. The van der Waals surface area contributed by atoms with Gasteiger partial charge in [-0.05, 0) is 86.4 Å². The predicted molar refractivity (Wildman–Crippen MR) is 119 cm³/mol. The van der Waals surface area contributed by atoms with Crippen LogP contribution in [-0.4, -0.2) is 53.1 Å². The van der Waals surface area contributed by atoms with Crippen molar-refractivity contribution in [2.75, 3.05) is 26.2 Å². The van der Waals surface area contributed by atoms with Crippen molar-refractivity contribution in [2.45, 2.75) is 76.3 Å². The van der Waals surface area contributed by atoms with Crippen LogP contribution in [-0.2, 0) is 11.3 Å². The van der Waals surface area contributed by atoms with Gasteiger partial charge in [-0.2, -0.15) is 0 Å². The molecular weight excluding hydrogens is 372 g/mol. The third-order valence-corrected chi connectivity index (χ3v) is 8.57. The first-order chi connectivity index (χ1) is 14.7. The second-order valence-corrected chi connectivity index (χ2v) is 10.6. The van der Waals surface area contributed by atoms with Crippen molar-refractivity contribution in [3.05, 3.63) is 35.4 Å². The molecule has 1 aromatic carbocycles. The summed E-state index contributed by atoms with van der Waals surface area (Å²) in [6.07, 6.45) is 11.2. The van der Waals surface area contributed by atoms with Crippen LogP contribution >= 0.6 is 0 Å². The van der Waals surface area contributed by atoms with Gasteiger partial charge < -0.3 is 5.11 Å². The Morgan fingerprint density at radius 1 is 0.933 bits per heavy atom. The normalized spacial score (nSPS) is 35.0. The van der Waals surface area contributed by atoms with Gasteiger partial charge in [0.15, 0.2) is 0 Å². The predicted octanol–water partition coefficient (Wildman–Crippen LogP) is 4.74. The Bertz CT molecular complexity index is 721. The van der Waals surface area contributed by atoms with Crippen molar-refractivity contribution in [3.63, 3.8) is 0 Å². The molecule has 2 aliphatic carbocycles. The maximum atomic E-state index is 11.9. The lowest BCUT2D eigenvalue weighted by Crippen LogP contribution is -2.53. The molecule has 5 rings (SSSR count). The molecule has 30 heavy (non-hydrogen) atoms. The highest BCUT2D eigenvalue weighted by molar-refractivity contribution is 5.73. The van der Waals surface area contributed by atoms with E-state index in [0.717, 1.165) is 32.0 Å². The number of benzene rings is 1. The highest BCUT2D eigenvalue weighted by atomic mass is 16.4. The molecule has 0 bridgehead atoms. The van der Waals surface area contributed by atoms with Gasteiger partial charge in [-0.25, -0.2) is 0 Å². The summed E-state index contributed by atoms with van der Waals surface area (Å²) in [5, 5.41) is 9.82. The Labute approximate surface area is 181 Å². The monoisotopic (exact) mass is 410 g/mol. The van der Waals surface area contributed by atoms with Gasteiger partial charge in [0.25, 0.3) is 0 Å². The molecule has 164 valence electrons. The average molecular weight is 411 g/mol. The Kier molecular flexibility index (Phi) is 6.15. The highest BCUT2D eigenvalue weighted by Gasteiger charge is 2.42. The molecule has 0 aromatic heterocycles. The van der Waals surface area contributed by atoms with Gasteiger partial charge in [0.05, 0.1) is 0 Å². The molecule has 3 atom stereocenters. The number of fused-ring (bicyclic) bond motifs is 1. The SMILES string of the molecule is O=C(O)[C@@H]1C[C@@H]2CCCC[C@@H]2CN1CC1CC(c2ccc(CN3CCCC3)cc2)C1. The standard InChI is InChI=1S/C26H38N2O2/c29-26(30)25-15-22-5-1-2-6-23(22)18-28(25)17-20-13-24(14-20)21-9-7-19(8-10-21)16-27-11-3-4-12-27/h7-10,20,22-25H,1-6,11-18H2,(H,29,30)/t20?,22-,23+,24?,25-/m0/s1. The molecule has 4 aliphatic rings. The topological polar surface area (TPSA) is 43.8 Å². The first-order valence-corrected chi connectivity index (χ1v) is 12.4. The zero-order chi connectivity index (χ0) is 20.5. The van der Waals surface area contributed by atoms with E-state index in [1.165, 1.54) is 75.6 Å². The zero-order valence-corrected chi connectivity index (χ0v) is 18.3. The summed E-state index contributed by atoms with van der Waals surface area (Å²) in [6, 6.07) is 9.11. The van der Waals surface area contributed by atoms with E-state index in [1.807, 2.05) is 0 Å². The first-order valence-electron chi connectivity index (χ1n) is 12.4. The lowest BCUT2D eigenvalue weighted by atomic mass is 9.69. The number of rotatable bonds is 6. The number of piperidine rings is 1. The summed E-state index contributed by atoms with van der Waals surface area (Å²) in [5.41, 5.74) is 2.92. The molecular formula is C26H38N2O2. The Hall–Kier alpha value is -1.39. The van der Waals surface area contributed by atoms with Crippen LogP contribution in [0.4, 0.5) is 0 Å².